The van der Waals surface area contributed by atoms with Gasteiger partial charge in [-0.05, 0) is 12.1 Å². The Morgan fingerprint density at radius 1 is 1.37 bits per heavy atom. The number of rotatable bonds is 3. The van der Waals surface area contributed by atoms with Gasteiger partial charge in [0.25, 0.3) is 0 Å². The number of carbonyl (C=O) groups excluding carboxylic acids is 1. The molecule has 0 saturated carbocycles. The zero-order chi connectivity index (χ0) is 14.0. The van der Waals surface area contributed by atoms with Crippen LogP contribution in [0.1, 0.15) is 6.42 Å². The van der Waals surface area contributed by atoms with Gasteiger partial charge in [0, 0.05) is 18.9 Å². The van der Waals surface area contributed by atoms with Crippen molar-refractivity contribution in [2.75, 3.05) is 11.4 Å². The topological polar surface area (TPSA) is 29.5 Å². The largest absolute Gasteiger partial charge is 0.573 e. The van der Waals surface area contributed by atoms with Crippen molar-refractivity contribution < 1.29 is 22.7 Å². The van der Waals surface area contributed by atoms with Gasteiger partial charge < -0.3 is 9.64 Å². The second-order valence-corrected chi connectivity index (χ2v) is 4.22. The minimum atomic E-state index is -4.78. The molecule has 1 fully saturated rings. The fraction of sp³-hybridized carbons (Fsp3) is 0.308. The number of carbonyl (C=O) groups is 1. The van der Waals surface area contributed by atoms with Gasteiger partial charge in [-0.1, -0.05) is 18.2 Å². The molecule has 1 aromatic carbocycles. The molecule has 0 spiro atoms. The summed E-state index contributed by atoms with van der Waals surface area (Å²) in [7, 11) is 0. The normalized spacial score (nSPS) is 19.6. The standard InChI is InChI=1S/C13H12F3NO2/c1-2-9-7-12(18)17(8-9)10-5-3-4-6-11(10)19-13(14,15)16/h2-6,9H,1,7-8H2. The first-order valence-electron chi connectivity index (χ1n) is 5.68. The monoisotopic (exact) mass is 271 g/mol. The van der Waals surface area contributed by atoms with Gasteiger partial charge >= 0.3 is 6.36 Å². The molecule has 0 bridgehead atoms. The number of hydrogen-bond donors (Lipinski definition) is 0. The highest BCUT2D eigenvalue weighted by molar-refractivity contribution is 5.97. The van der Waals surface area contributed by atoms with Crippen molar-refractivity contribution in [1.82, 2.24) is 0 Å². The van der Waals surface area contributed by atoms with Crippen LogP contribution in [-0.2, 0) is 4.79 Å². The Hall–Kier alpha value is -1.98. The summed E-state index contributed by atoms with van der Waals surface area (Å²) in [6.07, 6.45) is -2.90. The van der Waals surface area contributed by atoms with Gasteiger partial charge in [0.2, 0.25) is 5.91 Å². The first kappa shape index (κ1) is 13.5. The number of benzene rings is 1. The fourth-order valence-corrected chi connectivity index (χ4v) is 2.02. The molecule has 1 heterocycles. The number of para-hydroxylation sites is 2. The minimum absolute atomic E-state index is 0.0496. The summed E-state index contributed by atoms with van der Waals surface area (Å²) in [5.41, 5.74) is 0.133. The Bertz CT molecular complexity index is 499. The van der Waals surface area contributed by atoms with Gasteiger partial charge in [0.15, 0.2) is 5.75 Å². The number of anilines is 1. The molecule has 2 rings (SSSR count). The Morgan fingerprint density at radius 3 is 2.63 bits per heavy atom. The fourth-order valence-electron chi connectivity index (χ4n) is 2.02. The lowest BCUT2D eigenvalue weighted by atomic mass is 10.1. The van der Waals surface area contributed by atoms with Crippen molar-refractivity contribution in [3.05, 3.63) is 36.9 Å². The third-order valence-electron chi connectivity index (χ3n) is 2.87. The lowest BCUT2D eigenvalue weighted by Gasteiger charge is -2.20. The van der Waals surface area contributed by atoms with Crippen molar-refractivity contribution >= 4 is 11.6 Å². The Kier molecular flexibility index (Phi) is 3.50. The van der Waals surface area contributed by atoms with Gasteiger partial charge in [-0.15, -0.1) is 19.8 Å². The van der Waals surface area contributed by atoms with Crippen LogP contribution in [0.5, 0.6) is 5.75 Å². The first-order valence-corrected chi connectivity index (χ1v) is 5.68. The van der Waals surface area contributed by atoms with E-state index >= 15 is 0 Å². The summed E-state index contributed by atoms with van der Waals surface area (Å²) < 4.78 is 40.9. The van der Waals surface area contributed by atoms with E-state index in [1.54, 1.807) is 12.1 Å². The van der Waals surface area contributed by atoms with Crippen LogP contribution in [0.25, 0.3) is 0 Å². The third-order valence-corrected chi connectivity index (χ3v) is 2.87. The van der Waals surface area contributed by atoms with Gasteiger partial charge in [-0.3, -0.25) is 4.79 Å². The minimum Gasteiger partial charge on any atom is -0.404 e. The van der Waals surface area contributed by atoms with E-state index in [-0.39, 0.29) is 29.7 Å². The van der Waals surface area contributed by atoms with Crippen LogP contribution in [0, 0.1) is 5.92 Å². The van der Waals surface area contributed by atoms with Crippen LogP contribution in [0.2, 0.25) is 0 Å². The van der Waals surface area contributed by atoms with E-state index in [9.17, 15) is 18.0 Å². The molecule has 3 nitrogen and oxygen atoms in total. The predicted octanol–water partition coefficient (Wildman–Crippen LogP) is 3.12. The lowest BCUT2D eigenvalue weighted by molar-refractivity contribution is -0.274. The van der Waals surface area contributed by atoms with Gasteiger partial charge in [0.05, 0.1) is 5.69 Å². The average Bonchev–Trinajstić information content (AvgIpc) is 2.69. The molecule has 6 heteroatoms. The zero-order valence-electron chi connectivity index (χ0n) is 9.98. The molecular weight excluding hydrogens is 259 g/mol. The first-order chi connectivity index (χ1) is 8.90. The molecule has 1 atom stereocenters. The highest BCUT2D eigenvalue weighted by Gasteiger charge is 2.35. The molecule has 1 aliphatic heterocycles. The molecule has 0 N–H and O–H groups in total. The molecule has 0 aliphatic carbocycles. The highest BCUT2D eigenvalue weighted by Crippen LogP contribution is 2.35. The predicted molar refractivity (Wildman–Crippen MR) is 63.8 cm³/mol. The number of ether oxygens (including phenoxy) is 1. The van der Waals surface area contributed by atoms with Crippen molar-refractivity contribution in [3.63, 3.8) is 0 Å². The maximum absolute atomic E-state index is 12.3. The molecule has 1 amide bonds. The maximum atomic E-state index is 12.3. The summed E-state index contributed by atoms with van der Waals surface area (Å²) in [6, 6.07) is 5.62. The van der Waals surface area contributed by atoms with Crippen LogP contribution >= 0.6 is 0 Å². The van der Waals surface area contributed by atoms with Crippen LogP contribution in [-0.4, -0.2) is 18.8 Å². The summed E-state index contributed by atoms with van der Waals surface area (Å²) in [5.74, 6) is -0.650. The van der Waals surface area contributed by atoms with Crippen LogP contribution in [0.3, 0.4) is 0 Å². The maximum Gasteiger partial charge on any atom is 0.573 e. The zero-order valence-corrected chi connectivity index (χ0v) is 9.98. The highest BCUT2D eigenvalue weighted by atomic mass is 19.4. The summed E-state index contributed by atoms with van der Waals surface area (Å²) in [6.45, 7) is 3.92. The Labute approximate surface area is 108 Å². The second kappa shape index (κ2) is 4.95. The number of alkyl halides is 3. The molecule has 19 heavy (non-hydrogen) atoms. The SMILES string of the molecule is C=CC1CC(=O)N(c2ccccc2OC(F)(F)F)C1. The number of hydrogen-bond acceptors (Lipinski definition) is 2. The number of amides is 1. The van der Waals surface area contributed by atoms with Gasteiger partial charge in [-0.2, -0.15) is 0 Å². The van der Waals surface area contributed by atoms with Crippen molar-refractivity contribution in [2.24, 2.45) is 5.92 Å². The molecule has 0 radical (unpaired) electrons. The van der Waals surface area contributed by atoms with E-state index in [0.717, 1.165) is 0 Å². The molecule has 1 unspecified atom stereocenters. The van der Waals surface area contributed by atoms with Crippen molar-refractivity contribution in [2.45, 2.75) is 12.8 Å². The van der Waals surface area contributed by atoms with Crippen molar-refractivity contribution in [3.8, 4) is 5.75 Å². The van der Waals surface area contributed by atoms with E-state index in [4.69, 9.17) is 0 Å². The van der Waals surface area contributed by atoms with Crippen molar-refractivity contribution in [1.29, 1.82) is 0 Å². The summed E-state index contributed by atoms with van der Waals surface area (Å²) in [4.78, 5) is 13.1. The number of nitrogens with zero attached hydrogens (tertiary/aromatic N) is 1. The molecular formula is C13H12F3NO2. The smallest absolute Gasteiger partial charge is 0.404 e. The molecule has 1 aromatic rings. The molecule has 1 aliphatic rings. The summed E-state index contributed by atoms with van der Waals surface area (Å²) >= 11 is 0. The van der Waals surface area contributed by atoms with Crippen LogP contribution < -0.4 is 9.64 Å². The van der Waals surface area contributed by atoms with Crippen LogP contribution in [0.4, 0.5) is 18.9 Å². The average molecular weight is 271 g/mol. The van der Waals surface area contributed by atoms with E-state index in [1.807, 2.05) is 0 Å². The van der Waals surface area contributed by atoms with Gasteiger partial charge in [-0.25, -0.2) is 0 Å². The van der Waals surface area contributed by atoms with Gasteiger partial charge in [0.1, 0.15) is 0 Å². The summed E-state index contributed by atoms with van der Waals surface area (Å²) in [5, 5.41) is 0. The third kappa shape index (κ3) is 3.07. The van der Waals surface area contributed by atoms with E-state index in [2.05, 4.69) is 11.3 Å². The lowest BCUT2D eigenvalue weighted by Crippen LogP contribution is -2.26. The van der Waals surface area contributed by atoms with Crippen LogP contribution in [0.15, 0.2) is 36.9 Å². The second-order valence-electron chi connectivity index (χ2n) is 4.22. The number of halogens is 3. The molecule has 0 aromatic heterocycles. The van der Waals surface area contributed by atoms with E-state index in [1.165, 1.54) is 23.1 Å². The van der Waals surface area contributed by atoms with E-state index in [0.29, 0.717) is 6.54 Å². The molecule has 1 saturated heterocycles. The van der Waals surface area contributed by atoms with E-state index < -0.39 is 6.36 Å². The quantitative estimate of drug-likeness (QED) is 0.790. The Morgan fingerprint density at radius 2 is 2.05 bits per heavy atom. The molecule has 102 valence electrons. The Balaban J connectivity index is 2.30.